The van der Waals surface area contributed by atoms with Gasteiger partial charge in [0.1, 0.15) is 4.90 Å². The highest BCUT2D eigenvalue weighted by Gasteiger charge is 2.27. The van der Waals surface area contributed by atoms with Crippen molar-refractivity contribution in [1.82, 2.24) is 5.32 Å². The van der Waals surface area contributed by atoms with E-state index in [2.05, 4.69) is 15.9 Å². The monoisotopic (exact) mass is 364 g/mol. The molecule has 108 valence electrons. The van der Waals surface area contributed by atoms with Gasteiger partial charge in [0.05, 0.1) is 6.42 Å². The second kappa shape index (κ2) is 5.51. The van der Waals surface area contributed by atoms with Gasteiger partial charge in [0.2, 0.25) is 10.0 Å². The third-order valence-electron chi connectivity index (χ3n) is 1.88. The fourth-order valence-corrected chi connectivity index (χ4v) is 2.57. The predicted molar refractivity (Wildman–Crippen MR) is 60.8 cm³/mol. The lowest BCUT2D eigenvalue weighted by atomic mass is 10.4. The summed E-state index contributed by atoms with van der Waals surface area (Å²) in [4.78, 5) is 10.9. The van der Waals surface area contributed by atoms with E-state index in [9.17, 15) is 26.4 Å². The van der Waals surface area contributed by atoms with Crippen molar-refractivity contribution in [3.05, 3.63) is 16.5 Å². The Bertz CT molecular complexity index is 581. The Morgan fingerprint density at radius 3 is 2.47 bits per heavy atom. The normalized spacial score (nSPS) is 12.5. The zero-order chi connectivity index (χ0) is 14.8. The number of sulfonamides is 1. The van der Waals surface area contributed by atoms with E-state index in [1.165, 1.54) is 0 Å². The number of carbonyl (C=O) groups is 1. The number of primary sulfonamides is 1. The highest BCUT2D eigenvalue weighted by molar-refractivity contribution is 9.10. The van der Waals surface area contributed by atoms with Crippen molar-refractivity contribution in [2.75, 3.05) is 6.54 Å². The first kappa shape index (κ1) is 16.0. The first-order chi connectivity index (χ1) is 8.50. The summed E-state index contributed by atoms with van der Waals surface area (Å²) in [6.45, 7) is -0.647. The number of halogens is 4. The first-order valence-corrected chi connectivity index (χ1v) is 7.02. The van der Waals surface area contributed by atoms with Crippen molar-refractivity contribution in [2.24, 2.45) is 5.14 Å². The minimum absolute atomic E-state index is 0.295. The number of nitrogens with two attached hydrogens (primary N) is 1. The number of furan rings is 1. The summed E-state index contributed by atoms with van der Waals surface area (Å²) in [5.74, 6) is -1.43. The molecule has 1 aromatic rings. The molecule has 0 fully saturated rings. The maximum Gasteiger partial charge on any atom is 0.390 e. The Balaban J connectivity index is 2.74. The van der Waals surface area contributed by atoms with Crippen molar-refractivity contribution in [3.8, 4) is 0 Å². The van der Waals surface area contributed by atoms with Gasteiger partial charge in [0.25, 0.3) is 5.91 Å². The van der Waals surface area contributed by atoms with E-state index in [0.717, 1.165) is 6.07 Å². The van der Waals surface area contributed by atoms with Crippen molar-refractivity contribution in [2.45, 2.75) is 17.5 Å². The Hall–Kier alpha value is -1.07. The molecule has 0 atom stereocenters. The fourth-order valence-electron chi connectivity index (χ4n) is 1.06. The molecule has 0 aliphatic carbocycles. The Labute approximate surface area is 114 Å². The van der Waals surface area contributed by atoms with Crippen LogP contribution in [0.25, 0.3) is 0 Å². The Kier molecular flexibility index (Phi) is 4.63. The number of amides is 1. The predicted octanol–water partition coefficient (Wildman–Crippen LogP) is 1.37. The maximum atomic E-state index is 11.9. The number of hydrogen-bond donors (Lipinski definition) is 2. The van der Waals surface area contributed by atoms with Crippen LogP contribution in [0.3, 0.4) is 0 Å². The summed E-state index contributed by atoms with van der Waals surface area (Å²) in [6, 6.07) is 0.822. The van der Waals surface area contributed by atoms with E-state index in [4.69, 9.17) is 9.56 Å². The topological polar surface area (TPSA) is 102 Å². The Morgan fingerprint density at radius 2 is 2.05 bits per heavy atom. The molecule has 11 heteroatoms. The highest BCUT2D eigenvalue weighted by Crippen LogP contribution is 2.25. The van der Waals surface area contributed by atoms with Gasteiger partial charge in [0.15, 0.2) is 10.4 Å². The van der Waals surface area contributed by atoms with Crippen LogP contribution in [-0.2, 0) is 10.0 Å². The molecular weight excluding hydrogens is 357 g/mol. The van der Waals surface area contributed by atoms with Crippen LogP contribution < -0.4 is 10.5 Å². The van der Waals surface area contributed by atoms with Crippen LogP contribution in [0.15, 0.2) is 20.0 Å². The van der Waals surface area contributed by atoms with E-state index in [-0.39, 0.29) is 4.67 Å². The van der Waals surface area contributed by atoms with E-state index < -0.39 is 45.7 Å². The van der Waals surface area contributed by atoms with Crippen LogP contribution in [0.2, 0.25) is 0 Å². The molecule has 0 aliphatic heterocycles. The number of hydrogen-bond acceptors (Lipinski definition) is 4. The molecule has 19 heavy (non-hydrogen) atoms. The fraction of sp³-hybridized carbons (Fsp3) is 0.375. The highest BCUT2D eigenvalue weighted by atomic mass is 79.9. The van der Waals surface area contributed by atoms with Gasteiger partial charge in [-0.25, -0.2) is 13.6 Å². The lowest BCUT2D eigenvalue weighted by Crippen LogP contribution is -2.27. The average molecular weight is 365 g/mol. The second-order valence-corrected chi connectivity index (χ2v) is 5.66. The second-order valence-electron chi connectivity index (χ2n) is 3.41. The van der Waals surface area contributed by atoms with E-state index >= 15 is 0 Å². The largest absolute Gasteiger partial charge is 0.443 e. The van der Waals surface area contributed by atoms with Gasteiger partial charge in [0, 0.05) is 12.6 Å². The molecule has 0 aromatic carbocycles. The van der Waals surface area contributed by atoms with Crippen LogP contribution in [0.5, 0.6) is 0 Å². The molecule has 0 unspecified atom stereocenters. The van der Waals surface area contributed by atoms with Gasteiger partial charge >= 0.3 is 6.18 Å². The third-order valence-corrected chi connectivity index (χ3v) is 3.65. The summed E-state index contributed by atoms with van der Waals surface area (Å²) >= 11 is 2.74. The van der Waals surface area contributed by atoms with Crippen LogP contribution in [0.1, 0.15) is 17.0 Å². The van der Waals surface area contributed by atoms with Gasteiger partial charge < -0.3 is 9.73 Å². The molecule has 1 amide bonds. The maximum absolute atomic E-state index is 11.9. The standard InChI is InChI=1S/C8H8BrF3N2O4S/c9-6-5(19(13,16)17)3-4(18-6)7(15)14-2-1-8(10,11)12/h3H,1-2H2,(H,14,15)(H2,13,16,17). The smallest absolute Gasteiger partial charge is 0.390 e. The number of rotatable bonds is 4. The van der Waals surface area contributed by atoms with Gasteiger partial charge in [-0.05, 0) is 15.9 Å². The minimum atomic E-state index is -4.40. The van der Waals surface area contributed by atoms with Crippen LogP contribution in [-0.4, -0.2) is 27.0 Å². The molecule has 0 bridgehead atoms. The van der Waals surface area contributed by atoms with Crippen molar-refractivity contribution >= 4 is 31.9 Å². The van der Waals surface area contributed by atoms with E-state index in [0.29, 0.717) is 0 Å². The van der Waals surface area contributed by atoms with Crippen LogP contribution in [0, 0.1) is 0 Å². The average Bonchev–Trinajstić information content (AvgIpc) is 2.57. The molecule has 1 aromatic heterocycles. The van der Waals surface area contributed by atoms with Gasteiger partial charge in [-0.3, -0.25) is 4.79 Å². The number of alkyl halides is 3. The molecule has 1 heterocycles. The van der Waals surface area contributed by atoms with Crippen LogP contribution in [0.4, 0.5) is 13.2 Å². The van der Waals surface area contributed by atoms with E-state index in [1.807, 2.05) is 5.32 Å². The van der Waals surface area contributed by atoms with Gasteiger partial charge in [-0.1, -0.05) is 0 Å². The molecule has 0 radical (unpaired) electrons. The third kappa shape index (κ3) is 4.84. The molecule has 3 N–H and O–H groups in total. The van der Waals surface area contributed by atoms with Crippen molar-refractivity contribution in [3.63, 3.8) is 0 Å². The van der Waals surface area contributed by atoms with Crippen molar-refractivity contribution in [1.29, 1.82) is 0 Å². The quantitative estimate of drug-likeness (QED) is 0.841. The molecule has 0 saturated carbocycles. The lowest BCUT2D eigenvalue weighted by Gasteiger charge is -2.06. The summed E-state index contributed by atoms with van der Waals surface area (Å²) in [5.41, 5.74) is 0. The first-order valence-electron chi connectivity index (χ1n) is 4.68. The molecule has 1 rings (SSSR count). The zero-order valence-corrected chi connectivity index (χ0v) is 11.5. The van der Waals surface area contributed by atoms with Crippen LogP contribution >= 0.6 is 15.9 Å². The lowest BCUT2D eigenvalue weighted by molar-refractivity contribution is -0.133. The minimum Gasteiger partial charge on any atom is -0.443 e. The summed E-state index contributed by atoms with van der Waals surface area (Å²) in [7, 11) is -4.09. The Morgan fingerprint density at radius 1 is 1.47 bits per heavy atom. The SMILES string of the molecule is NS(=O)(=O)c1cc(C(=O)NCCC(F)(F)F)oc1Br. The summed E-state index contributed by atoms with van der Waals surface area (Å²) < 4.78 is 62.1. The van der Waals surface area contributed by atoms with Crippen molar-refractivity contribution < 1.29 is 30.8 Å². The molecular formula is C8H8BrF3N2O4S. The van der Waals surface area contributed by atoms with E-state index in [1.54, 1.807) is 0 Å². The summed E-state index contributed by atoms with van der Waals surface area (Å²) in [5, 5.41) is 6.77. The molecule has 0 spiro atoms. The number of carbonyl (C=O) groups excluding carboxylic acids is 1. The van der Waals surface area contributed by atoms with Gasteiger partial charge in [-0.2, -0.15) is 13.2 Å². The number of nitrogens with one attached hydrogen (secondary N) is 1. The summed E-state index contributed by atoms with van der Waals surface area (Å²) in [6.07, 6.45) is -5.61. The molecule has 6 nitrogen and oxygen atoms in total. The molecule has 0 saturated heterocycles. The zero-order valence-electron chi connectivity index (χ0n) is 9.12. The van der Waals surface area contributed by atoms with Gasteiger partial charge in [-0.15, -0.1) is 0 Å². The molecule has 0 aliphatic rings.